The first kappa shape index (κ1) is 20.2. The fourth-order valence-corrected chi connectivity index (χ4v) is 4.02. The van der Waals surface area contributed by atoms with Crippen LogP contribution in [-0.2, 0) is 6.54 Å². The number of nitrogens with zero attached hydrogens (tertiary/aromatic N) is 2. The molecular weight excluding hydrogens is 383 g/mol. The first-order chi connectivity index (χ1) is 14.7. The van der Waals surface area contributed by atoms with Crippen LogP contribution in [0.3, 0.4) is 0 Å². The zero-order valence-corrected chi connectivity index (χ0v) is 17.0. The van der Waals surface area contributed by atoms with E-state index in [1.807, 2.05) is 18.2 Å². The SMILES string of the molecule is COc1ccccc1CN1CCC(N(C(=O)c2ccco2)c2ccc(F)cc2)CC1. The smallest absolute Gasteiger partial charge is 0.294 e. The fraction of sp³-hybridized carbons (Fsp3) is 0.292. The third-order valence-corrected chi connectivity index (χ3v) is 5.56. The normalized spacial score (nSPS) is 15.1. The Labute approximate surface area is 175 Å². The standard InChI is InChI=1S/C24H25FN2O3/c1-29-22-6-3-2-5-18(22)17-26-14-12-21(13-15-26)27(20-10-8-19(25)9-11-20)24(28)23-7-4-16-30-23/h2-11,16,21H,12-15,17H2,1H3. The van der Waals surface area contributed by atoms with E-state index in [9.17, 15) is 9.18 Å². The van der Waals surface area contributed by atoms with E-state index in [4.69, 9.17) is 9.15 Å². The number of ether oxygens (including phenoxy) is 1. The molecular formula is C24H25FN2O3. The second kappa shape index (κ2) is 9.13. The lowest BCUT2D eigenvalue weighted by Crippen LogP contribution is -2.47. The lowest BCUT2D eigenvalue weighted by molar-refractivity contribution is 0.0931. The zero-order valence-electron chi connectivity index (χ0n) is 17.0. The molecule has 0 aliphatic carbocycles. The molecule has 0 atom stereocenters. The summed E-state index contributed by atoms with van der Waals surface area (Å²) >= 11 is 0. The summed E-state index contributed by atoms with van der Waals surface area (Å²) in [7, 11) is 1.69. The number of halogens is 1. The Bertz CT molecular complexity index is 964. The van der Waals surface area contributed by atoms with Crippen LogP contribution < -0.4 is 9.64 Å². The number of furan rings is 1. The molecule has 0 unspecified atom stereocenters. The summed E-state index contributed by atoms with van der Waals surface area (Å²) in [6, 6.07) is 17.5. The largest absolute Gasteiger partial charge is 0.496 e. The molecule has 1 aromatic heterocycles. The van der Waals surface area contributed by atoms with Gasteiger partial charge in [0.2, 0.25) is 0 Å². The van der Waals surface area contributed by atoms with E-state index < -0.39 is 0 Å². The summed E-state index contributed by atoms with van der Waals surface area (Å²) in [5.74, 6) is 0.655. The number of benzene rings is 2. The van der Waals surface area contributed by atoms with Crippen LogP contribution in [0.15, 0.2) is 71.3 Å². The number of methoxy groups -OCH3 is 1. The maximum absolute atomic E-state index is 13.4. The van der Waals surface area contributed by atoms with Crippen LogP contribution in [0.2, 0.25) is 0 Å². The van der Waals surface area contributed by atoms with Gasteiger partial charge in [-0.25, -0.2) is 4.39 Å². The molecule has 0 radical (unpaired) electrons. The van der Waals surface area contributed by atoms with E-state index in [1.165, 1.54) is 18.4 Å². The Kier molecular flexibility index (Phi) is 6.14. The van der Waals surface area contributed by atoms with Crippen molar-refractivity contribution in [3.8, 4) is 5.75 Å². The number of likely N-dealkylation sites (tertiary alicyclic amines) is 1. The molecule has 3 aromatic rings. The van der Waals surface area contributed by atoms with Crippen molar-refractivity contribution in [2.24, 2.45) is 0 Å². The summed E-state index contributed by atoms with van der Waals surface area (Å²) in [5.41, 5.74) is 1.83. The highest BCUT2D eigenvalue weighted by atomic mass is 19.1. The Morgan fingerprint density at radius 1 is 1.10 bits per heavy atom. The predicted molar refractivity (Wildman–Crippen MR) is 113 cm³/mol. The minimum Gasteiger partial charge on any atom is -0.496 e. The molecule has 1 aliphatic rings. The van der Waals surface area contributed by atoms with Gasteiger partial charge in [0.15, 0.2) is 5.76 Å². The first-order valence-electron chi connectivity index (χ1n) is 10.1. The van der Waals surface area contributed by atoms with Crippen molar-refractivity contribution >= 4 is 11.6 Å². The number of hydrogen-bond acceptors (Lipinski definition) is 4. The van der Waals surface area contributed by atoms with Crippen molar-refractivity contribution in [2.75, 3.05) is 25.1 Å². The highest BCUT2D eigenvalue weighted by molar-refractivity contribution is 6.04. The molecule has 1 fully saturated rings. The summed E-state index contributed by atoms with van der Waals surface area (Å²) in [5, 5.41) is 0. The van der Waals surface area contributed by atoms with Crippen LogP contribution in [0.25, 0.3) is 0 Å². The summed E-state index contributed by atoms with van der Waals surface area (Å²) in [6.45, 7) is 2.51. The van der Waals surface area contributed by atoms with Gasteiger partial charge in [-0.2, -0.15) is 0 Å². The average Bonchev–Trinajstić information content (AvgIpc) is 3.32. The number of anilines is 1. The van der Waals surface area contributed by atoms with Gasteiger partial charge in [-0.3, -0.25) is 9.69 Å². The molecule has 6 heteroatoms. The van der Waals surface area contributed by atoms with Gasteiger partial charge in [-0.1, -0.05) is 18.2 Å². The molecule has 30 heavy (non-hydrogen) atoms. The molecule has 2 heterocycles. The van der Waals surface area contributed by atoms with Gasteiger partial charge in [0.1, 0.15) is 11.6 Å². The predicted octanol–water partition coefficient (Wildman–Crippen LogP) is 4.74. The Morgan fingerprint density at radius 3 is 2.50 bits per heavy atom. The molecule has 1 aliphatic heterocycles. The summed E-state index contributed by atoms with van der Waals surface area (Å²) in [4.78, 5) is 17.3. The third-order valence-electron chi connectivity index (χ3n) is 5.56. The lowest BCUT2D eigenvalue weighted by atomic mass is 10.0. The Morgan fingerprint density at radius 2 is 1.83 bits per heavy atom. The van der Waals surface area contributed by atoms with E-state index >= 15 is 0 Å². The number of rotatable bonds is 6. The van der Waals surface area contributed by atoms with Gasteiger partial charge in [-0.15, -0.1) is 0 Å². The number of carbonyl (C=O) groups is 1. The van der Waals surface area contributed by atoms with Crippen LogP contribution >= 0.6 is 0 Å². The van der Waals surface area contributed by atoms with Gasteiger partial charge in [0.25, 0.3) is 5.91 Å². The molecule has 4 rings (SSSR count). The van der Waals surface area contributed by atoms with Gasteiger partial charge in [0, 0.05) is 36.9 Å². The Balaban J connectivity index is 1.49. The maximum Gasteiger partial charge on any atom is 0.294 e. The van der Waals surface area contributed by atoms with Crippen molar-refractivity contribution < 1.29 is 18.3 Å². The van der Waals surface area contributed by atoms with Crippen LogP contribution in [0.5, 0.6) is 5.75 Å². The van der Waals surface area contributed by atoms with Crippen molar-refractivity contribution in [1.29, 1.82) is 0 Å². The van der Waals surface area contributed by atoms with Crippen LogP contribution in [0, 0.1) is 5.82 Å². The lowest BCUT2D eigenvalue weighted by Gasteiger charge is -2.38. The summed E-state index contributed by atoms with van der Waals surface area (Å²) in [6.07, 6.45) is 3.13. The quantitative estimate of drug-likeness (QED) is 0.591. The molecule has 5 nitrogen and oxygen atoms in total. The fourth-order valence-electron chi connectivity index (χ4n) is 4.02. The van der Waals surface area contributed by atoms with Crippen molar-refractivity contribution in [3.05, 3.63) is 84.1 Å². The highest BCUT2D eigenvalue weighted by Gasteiger charge is 2.31. The zero-order chi connectivity index (χ0) is 20.9. The van der Waals surface area contributed by atoms with E-state index in [1.54, 1.807) is 36.3 Å². The highest BCUT2D eigenvalue weighted by Crippen LogP contribution is 2.28. The summed E-state index contributed by atoms with van der Waals surface area (Å²) < 4.78 is 24.3. The third kappa shape index (κ3) is 4.39. The van der Waals surface area contributed by atoms with Crippen molar-refractivity contribution in [2.45, 2.75) is 25.4 Å². The number of hydrogen-bond donors (Lipinski definition) is 0. The van der Waals surface area contributed by atoms with Crippen LogP contribution in [0.1, 0.15) is 29.0 Å². The van der Waals surface area contributed by atoms with Crippen molar-refractivity contribution in [3.63, 3.8) is 0 Å². The second-order valence-electron chi connectivity index (χ2n) is 7.45. The van der Waals surface area contributed by atoms with E-state index in [2.05, 4.69) is 11.0 Å². The number of piperidine rings is 1. The van der Waals surface area contributed by atoms with Crippen LogP contribution in [-0.4, -0.2) is 37.0 Å². The molecule has 2 aromatic carbocycles. The molecule has 0 N–H and O–H groups in total. The molecule has 0 saturated carbocycles. The first-order valence-corrected chi connectivity index (χ1v) is 10.1. The van der Waals surface area contributed by atoms with Crippen molar-refractivity contribution in [1.82, 2.24) is 4.90 Å². The maximum atomic E-state index is 13.4. The van der Waals surface area contributed by atoms with Gasteiger partial charge in [0.05, 0.1) is 13.4 Å². The molecule has 1 saturated heterocycles. The molecule has 1 amide bonds. The number of para-hydroxylation sites is 1. The van der Waals surface area contributed by atoms with E-state index in [0.717, 1.165) is 43.8 Å². The molecule has 0 bridgehead atoms. The topological polar surface area (TPSA) is 45.9 Å². The monoisotopic (exact) mass is 408 g/mol. The van der Waals surface area contributed by atoms with E-state index in [-0.39, 0.29) is 23.5 Å². The van der Waals surface area contributed by atoms with Crippen LogP contribution in [0.4, 0.5) is 10.1 Å². The van der Waals surface area contributed by atoms with Gasteiger partial charge < -0.3 is 14.1 Å². The Hall–Kier alpha value is -3.12. The average molecular weight is 408 g/mol. The second-order valence-corrected chi connectivity index (χ2v) is 7.45. The van der Waals surface area contributed by atoms with Gasteiger partial charge >= 0.3 is 0 Å². The minimum atomic E-state index is -0.323. The van der Waals surface area contributed by atoms with Gasteiger partial charge in [-0.05, 0) is 55.3 Å². The number of amides is 1. The number of carbonyl (C=O) groups excluding carboxylic acids is 1. The minimum absolute atomic E-state index is 0.0157. The molecule has 156 valence electrons. The van der Waals surface area contributed by atoms with E-state index in [0.29, 0.717) is 5.69 Å². The molecule has 0 spiro atoms.